The van der Waals surface area contributed by atoms with Crippen molar-refractivity contribution in [2.75, 3.05) is 12.4 Å². The number of rotatable bonds is 7. The Bertz CT molecular complexity index is 1200. The number of hydrogen-bond acceptors (Lipinski definition) is 5. The molecule has 7 heteroatoms. The maximum Gasteiger partial charge on any atom is 0.249 e. The maximum absolute atomic E-state index is 11.8. The van der Waals surface area contributed by atoms with Crippen LogP contribution in [-0.4, -0.2) is 27.6 Å². The largest absolute Gasteiger partial charge is 0.380 e. The fourth-order valence-corrected chi connectivity index (χ4v) is 3.54. The maximum atomic E-state index is 11.8. The van der Waals surface area contributed by atoms with E-state index in [1.54, 1.807) is 19.4 Å². The lowest BCUT2D eigenvalue weighted by molar-refractivity contribution is 0.100. The van der Waals surface area contributed by atoms with Crippen LogP contribution in [0.15, 0.2) is 60.8 Å². The van der Waals surface area contributed by atoms with Crippen molar-refractivity contribution in [1.29, 1.82) is 0 Å². The average Bonchev–Trinajstić information content (AvgIpc) is 3.09. The van der Waals surface area contributed by atoms with Gasteiger partial charge >= 0.3 is 0 Å². The second kappa shape index (κ2) is 8.34. The van der Waals surface area contributed by atoms with E-state index in [1.807, 2.05) is 47.9 Å². The number of ether oxygens (including phenoxy) is 1. The Kier molecular flexibility index (Phi) is 5.45. The van der Waals surface area contributed by atoms with E-state index in [-0.39, 0.29) is 0 Å². The second-order valence-electron chi connectivity index (χ2n) is 7.04. The van der Waals surface area contributed by atoms with E-state index in [1.165, 1.54) is 0 Å². The van der Waals surface area contributed by atoms with Crippen LogP contribution in [0, 0.1) is 6.92 Å². The predicted molar refractivity (Wildman–Crippen MR) is 117 cm³/mol. The number of benzene rings is 2. The number of carbonyl (C=O) groups excluding carboxylic acids is 1. The molecule has 7 nitrogen and oxygen atoms in total. The average molecular weight is 401 g/mol. The third kappa shape index (κ3) is 3.75. The van der Waals surface area contributed by atoms with Gasteiger partial charge in [-0.1, -0.05) is 36.4 Å². The molecule has 0 saturated heterocycles. The molecule has 0 aliphatic carbocycles. The van der Waals surface area contributed by atoms with Gasteiger partial charge < -0.3 is 15.8 Å². The highest BCUT2D eigenvalue weighted by molar-refractivity contribution is 6.06. The van der Waals surface area contributed by atoms with Crippen molar-refractivity contribution in [2.24, 2.45) is 5.73 Å². The summed E-state index contributed by atoms with van der Waals surface area (Å²) in [6, 6.07) is 17.5. The number of primary amides is 1. The summed E-state index contributed by atoms with van der Waals surface area (Å²) in [6.45, 7) is 2.98. The van der Waals surface area contributed by atoms with Gasteiger partial charge in [-0.15, -0.1) is 0 Å². The zero-order chi connectivity index (χ0) is 21.1. The van der Waals surface area contributed by atoms with Gasteiger partial charge in [-0.3, -0.25) is 9.36 Å². The number of nitrogens with one attached hydrogen (secondary N) is 1. The van der Waals surface area contributed by atoms with Gasteiger partial charge in [0.1, 0.15) is 5.82 Å². The highest BCUT2D eigenvalue weighted by Gasteiger charge is 2.16. The fraction of sp³-hybridized carbons (Fsp3) is 0.174. The van der Waals surface area contributed by atoms with E-state index >= 15 is 0 Å². The minimum Gasteiger partial charge on any atom is -0.380 e. The summed E-state index contributed by atoms with van der Waals surface area (Å²) < 4.78 is 7.23. The monoisotopic (exact) mass is 401 g/mol. The van der Waals surface area contributed by atoms with Crippen molar-refractivity contribution >= 4 is 22.6 Å². The molecule has 4 rings (SSSR count). The zero-order valence-corrected chi connectivity index (χ0v) is 16.9. The molecule has 0 aliphatic rings. The first kappa shape index (κ1) is 19.6. The Morgan fingerprint density at radius 1 is 1.17 bits per heavy atom. The number of aryl methyl sites for hydroxylation is 1. The number of fused-ring (bicyclic) bond motifs is 1. The fourth-order valence-electron chi connectivity index (χ4n) is 3.54. The molecule has 0 atom stereocenters. The van der Waals surface area contributed by atoms with Crippen LogP contribution in [0.1, 0.15) is 27.2 Å². The summed E-state index contributed by atoms with van der Waals surface area (Å²) >= 11 is 0. The first-order valence-electron chi connectivity index (χ1n) is 9.62. The van der Waals surface area contributed by atoms with E-state index in [4.69, 9.17) is 15.5 Å². The quantitative estimate of drug-likeness (QED) is 0.493. The number of aromatic nitrogens is 3. The lowest BCUT2D eigenvalue weighted by Crippen LogP contribution is -2.12. The molecule has 4 aromatic rings. The summed E-state index contributed by atoms with van der Waals surface area (Å²) in [5.74, 6) is 0.761. The van der Waals surface area contributed by atoms with E-state index in [9.17, 15) is 4.79 Å². The molecule has 0 bridgehead atoms. The molecule has 2 aromatic heterocycles. The Labute approximate surface area is 174 Å². The molecule has 3 N–H and O–H groups in total. The van der Waals surface area contributed by atoms with E-state index < -0.39 is 5.91 Å². The molecule has 0 fully saturated rings. The first-order chi connectivity index (χ1) is 14.6. The molecule has 30 heavy (non-hydrogen) atoms. The van der Waals surface area contributed by atoms with E-state index in [2.05, 4.69) is 22.4 Å². The minimum atomic E-state index is -0.459. The molecule has 1 amide bonds. The van der Waals surface area contributed by atoms with Gasteiger partial charge in [0.15, 0.2) is 0 Å². The van der Waals surface area contributed by atoms with Crippen molar-refractivity contribution in [3.8, 4) is 5.95 Å². The van der Waals surface area contributed by atoms with Crippen molar-refractivity contribution in [3.05, 3.63) is 83.2 Å². The van der Waals surface area contributed by atoms with Gasteiger partial charge in [0.05, 0.1) is 12.1 Å². The number of nitrogens with zero attached hydrogens (tertiary/aromatic N) is 3. The third-order valence-electron chi connectivity index (χ3n) is 4.95. The Morgan fingerprint density at radius 3 is 2.70 bits per heavy atom. The van der Waals surface area contributed by atoms with E-state index in [0.29, 0.717) is 30.5 Å². The lowest BCUT2D eigenvalue weighted by atomic mass is 10.1. The second-order valence-corrected chi connectivity index (χ2v) is 7.04. The Hall–Kier alpha value is -3.71. The van der Waals surface area contributed by atoms with Crippen molar-refractivity contribution in [3.63, 3.8) is 0 Å². The molecule has 0 aliphatic heterocycles. The Morgan fingerprint density at radius 2 is 1.97 bits per heavy atom. The van der Waals surface area contributed by atoms with Crippen LogP contribution in [0.25, 0.3) is 16.9 Å². The SMILES string of the molecule is COCc1cnc(-n2c(C)cc3c(C(N)=O)cccc32)nc1NCc1ccccc1. The van der Waals surface area contributed by atoms with Crippen LogP contribution in [0.2, 0.25) is 0 Å². The molecular weight excluding hydrogens is 378 g/mol. The molecule has 2 heterocycles. The van der Waals surface area contributed by atoms with Gasteiger partial charge in [0, 0.05) is 42.1 Å². The number of hydrogen-bond donors (Lipinski definition) is 2. The van der Waals surface area contributed by atoms with Gasteiger partial charge in [-0.2, -0.15) is 4.98 Å². The molecule has 0 saturated carbocycles. The molecule has 152 valence electrons. The van der Waals surface area contributed by atoms with Crippen LogP contribution < -0.4 is 11.1 Å². The van der Waals surface area contributed by atoms with Crippen LogP contribution in [0.4, 0.5) is 5.82 Å². The molecular formula is C23H23N5O2. The van der Waals surface area contributed by atoms with Crippen molar-refractivity contribution in [1.82, 2.24) is 14.5 Å². The van der Waals surface area contributed by atoms with E-state index in [0.717, 1.165) is 27.7 Å². The van der Waals surface area contributed by atoms with Crippen molar-refractivity contribution < 1.29 is 9.53 Å². The highest BCUT2D eigenvalue weighted by atomic mass is 16.5. The van der Waals surface area contributed by atoms with Crippen LogP contribution >= 0.6 is 0 Å². The summed E-state index contributed by atoms with van der Waals surface area (Å²) in [5.41, 5.74) is 9.78. The molecule has 2 aromatic carbocycles. The number of carbonyl (C=O) groups is 1. The van der Waals surface area contributed by atoms with Gasteiger partial charge in [0.2, 0.25) is 11.9 Å². The summed E-state index contributed by atoms with van der Waals surface area (Å²) in [6.07, 6.45) is 1.77. The Balaban J connectivity index is 1.77. The highest BCUT2D eigenvalue weighted by Crippen LogP contribution is 2.26. The van der Waals surface area contributed by atoms with Gasteiger partial charge in [0.25, 0.3) is 0 Å². The van der Waals surface area contributed by atoms with Crippen LogP contribution in [0.3, 0.4) is 0 Å². The topological polar surface area (TPSA) is 95.1 Å². The minimum absolute atomic E-state index is 0.397. The predicted octanol–water partition coefficient (Wildman–Crippen LogP) is 3.59. The van der Waals surface area contributed by atoms with Gasteiger partial charge in [-0.05, 0) is 30.7 Å². The standard InChI is InChI=1S/C23H23N5O2/c1-15-11-19-18(21(24)29)9-6-10-20(19)28(15)23-26-13-17(14-30-2)22(27-23)25-12-16-7-4-3-5-8-16/h3-11,13H,12,14H2,1-2H3,(H2,24,29)(H,25,26,27). The summed E-state index contributed by atoms with van der Waals surface area (Å²) in [5, 5.41) is 4.18. The third-order valence-corrected chi connectivity index (χ3v) is 4.95. The number of amides is 1. The number of methoxy groups -OCH3 is 1. The summed E-state index contributed by atoms with van der Waals surface area (Å²) in [7, 11) is 1.64. The zero-order valence-electron chi connectivity index (χ0n) is 16.9. The van der Waals surface area contributed by atoms with Crippen LogP contribution in [-0.2, 0) is 17.9 Å². The van der Waals surface area contributed by atoms with Gasteiger partial charge in [-0.25, -0.2) is 4.98 Å². The number of nitrogens with two attached hydrogens (primary N) is 1. The molecule has 0 unspecified atom stereocenters. The van der Waals surface area contributed by atoms with Crippen LogP contribution in [0.5, 0.6) is 0 Å². The smallest absolute Gasteiger partial charge is 0.249 e. The van der Waals surface area contributed by atoms with Crippen molar-refractivity contribution in [2.45, 2.75) is 20.1 Å². The summed E-state index contributed by atoms with van der Waals surface area (Å²) in [4.78, 5) is 21.2. The number of anilines is 1. The normalized spacial score (nSPS) is 11.0. The first-order valence-corrected chi connectivity index (χ1v) is 9.62. The lowest BCUT2D eigenvalue weighted by Gasteiger charge is -2.14. The molecule has 0 spiro atoms. The molecule has 0 radical (unpaired) electrons.